The Labute approximate surface area is 105 Å². The first-order chi connectivity index (χ1) is 8.50. The molecule has 6 heteroatoms. The van der Waals surface area contributed by atoms with Gasteiger partial charge in [0.05, 0.1) is 6.61 Å². The Morgan fingerprint density at radius 1 is 1.44 bits per heavy atom. The highest BCUT2D eigenvalue weighted by Gasteiger charge is 2.52. The number of hydrogen-bond acceptors (Lipinski definition) is 4. The Morgan fingerprint density at radius 3 is 2.56 bits per heavy atom. The molecule has 2 aliphatic heterocycles. The van der Waals surface area contributed by atoms with E-state index in [-0.39, 0.29) is 31.3 Å². The number of nitrogens with zero attached hydrogens (tertiary/aromatic N) is 1. The Hall–Kier alpha value is -1.43. The van der Waals surface area contributed by atoms with Crippen molar-refractivity contribution in [2.45, 2.75) is 31.8 Å². The molecule has 2 rings (SSSR count). The van der Waals surface area contributed by atoms with Crippen LogP contribution in [0.15, 0.2) is 0 Å². The van der Waals surface area contributed by atoms with Gasteiger partial charge in [0, 0.05) is 32.4 Å². The van der Waals surface area contributed by atoms with Crippen molar-refractivity contribution in [3.63, 3.8) is 0 Å². The molecule has 0 bridgehead atoms. The molecule has 1 spiro atoms. The number of carbonyl (C=O) groups excluding carboxylic acids is 2. The van der Waals surface area contributed by atoms with Crippen LogP contribution in [0.5, 0.6) is 0 Å². The smallest absolute Gasteiger partial charge is 0.407 e. The van der Waals surface area contributed by atoms with Gasteiger partial charge in [-0.3, -0.25) is 9.59 Å². The van der Waals surface area contributed by atoms with E-state index in [4.69, 9.17) is 9.84 Å². The van der Waals surface area contributed by atoms with Crippen LogP contribution in [0.2, 0.25) is 0 Å². The zero-order valence-electron chi connectivity index (χ0n) is 10.3. The fraction of sp³-hybridized carbons (Fsp3) is 0.750. The third kappa shape index (κ3) is 2.01. The average molecular weight is 255 g/mol. The second kappa shape index (κ2) is 4.68. The lowest BCUT2D eigenvalue weighted by molar-refractivity contribution is -0.139. The van der Waals surface area contributed by atoms with E-state index in [9.17, 15) is 14.4 Å². The van der Waals surface area contributed by atoms with Crippen LogP contribution in [-0.2, 0) is 14.3 Å². The Bertz CT molecular complexity index is 384. The monoisotopic (exact) mass is 255 g/mol. The van der Waals surface area contributed by atoms with Crippen LogP contribution in [-0.4, -0.2) is 53.0 Å². The molecule has 18 heavy (non-hydrogen) atoms. The maximum absolute atomic E-state index is 12.2. The molecule has 0 saturated carbocycles. The summed E-state index contributed by atoms with van der Waals surface area (Å²) in [5, 5.41) is 8.86. The van der Waals surface area contributed by atoms with Crippen LogP contribution in [0.3, 0.4) is 0 Å². The molecule has 0 aliphatic carbocycles. The molecule has 100 valence electrons. The van der Waals surface area contributed by atoms with Crippen LogP contribution in [0.1, 0.15) is 26.2 Å². The minimum absolute atomic E-state index is 0.0856. The zero-order valence-corrected chi connectivity index (χ0v) is 10.3. The minimum Gasteiger partial charge on any atom is -0.465 e. The van der Waals surface area contributed by atoms with E-state index in [1.54, 1.807) is 6.92 Å². The van der Waals surface area contributed by atoms with E-state index in [0.29, 0.717) is 19.3 Å². The van der Waals surface area contributed by atoms with Crippen molar-refractivity contribution in [3.05, 3.63) is 0 Å². The molecule has 2 aliphatic rings. The molecular formula is C12H17NO5. The summed E-state index contributed by atoms with van der Waals surface area (Å²) in [6, 6.07) is 0. The number of carboxylic acid groups (broad SMARTS) is 1. The minimum atomic E-state index is -0.975. The van der Waals surface area contributed by atoms with E-state index in [2.05, 4.69) is 0 Å². The van der Waals surface area contributed by atoms with Crippen LogP contribution in [0.25, 0.3) is 0 Å². The molecule has 6 nitrogen and oxygen atoms in total. The maximum Gasteiger partial charge on any atom is 0.407 e. The van der Waals surface area contributed by atoms with Crippen molar-refractivity contribution in [1.29, 1.82) is 0 Å². The zero-order chi connectivity index (χ0) is 13.3. The van der Waals surface area contributed by atoms with E-state index < -0.39 is 17.6 Å². The Balaban J connectivity index is 2.05. The first-order valence-corrected chi connectivity index (χ1v) is 6.19. The third-order valence-electron chi connectivity index (χ3n) is 3.87. The van der Waals surface area contributed by atoms with Gasteiger partial charge in [-0.25, -0.2) is 4.79 Å². The summed E-state index contributed by atoms with van der Waals surface area (Å²) in [5.74, 6) is -0.886. The quantitative estimate of drug-likeness (QED) is 0.734. The van der Waals surface area contributed by atoms with Crippen molar-refractivity contribution in [2.24, 2.45) is 5.92 Å². The number of hydrogen-bond donors (Lipinski definition) is 1. The summed E-state index contributed by atoms with van der Waals surface area (Å²) in [5.41, 5.74) is -0.915. The first kappa shape index (κ1) is 13.0. The van der Waals surface area contributed by atoms with E-state index >= 15 is 0 Å². The highest BCUT2D eigenvalue weighted by Crippen LogP contribution is 2.36. The van der Waals surface area contributed by atoms with Gasteiger partial charge in [-0.15, -0.1) is 0 Å². The van der Waals surface area contributed by atoms with Crippen LogP contribution < -0.4 is 0 Å². The summed E-state index contributed by atoms with van der Waals surface area (Å²) in [7, 11) is 0. The largest absolute Gasteiger partial charge is 0.465 e. The number of ether oxygens (including phenoxy) is 1. The van der Waals surface area contributed by atoms with Gasteiger partial charge >= 0.3 is 6.09 Å². The molecule has 2 saturated heterocycles. The normalized spacial score (nSPS) is 26.6. The van der Waals surface area contributed by atoms with Crippen LogP contribution >= 0.6 is 0 Å². The summed E-state index contributed by atoms with van der Waals surface area (Å²) >= 11 is 0. The van der Waals surface area contributed by atoms with Gasteiger partial charge in [-0.05, 0) is 0 Å². The number of piperidine rings is 1. The number of carbonyl (C=O) groups is 3. The third-order valence-corrected chi connectivity index (χ3v) is 3.87. The van der Waals surface area contributed by atoms with Gasteiger partial charge in [0.15, 0.2) is 5.78 Å². The van der Waals surface area contributed by atoms with Gasteiger partial charge in [0.25, 0.3) is 0 Å². The van der Waals surface area contributed by atoms with E-state index in [1.165, 1.54) is 4.90 Å². The van der Waals surface area contributed by atoms with Gasteiger partial charge in [0.1, 0.15) is 17.3 Å². The van der Waals surface area contributed by atoms with Crippen molar-refractivity contribution in [1.82, 2.24) is 4.90 Å². The first-order valence-electron chi connectivity index (χ1n) is 6.19. The Morgan fingerprint density at radius 2 is 2.06 bits per heavy atom. The van der Waals surface area contributed by atoms with Crippen molar-refractivity contribution >= 4 is 17.7 Å². The standard InChI is InChI=1S/C12H17NO5/c1-2-9(14)8-7-18-12(10(8)15)3-5-13(6-4-12)11(16)17/h8H,2-7H2,1H3,(H,16,17). The summed E-state index contributed by atoms with van der Waals surface area (Å²) in [4.78, 5) is 35.9. The van der Waals surface area contributed by atoms with E-state index in [1.807, 2.05) is 0 Å². The molecule has 1 unspecified atom stereocenters. The van der Waals surface area contributed by atoms with Gasteiger partial charge in [0.2, 0.25) is 0 Å². The molecule has 1 amide bonds. The predicted molar refractivity (Wildman–Crippen MR) is 61.3 cm³/mol. The second-order valence-corrected chi connectivity index (χ2v) is 4.81. The average Bonchev–Trinajstić information content (AvgIpc) is 2.67. The maximum atomic E-state index is 12.2. The van der Waals surface area contributed by atoms with Crippen molar-refractivity contribution in [2.75, 3.05) is 19.7 Å². The lowest BCUT2D eigenvalue weighted by atomic mass is 9.82. The van der Waals surface area contributed by atoms with Gasteiger partial charge in [-0.1, -0.05) is 6.92 Å². The summed E-state index contributed by atoms with van der Waals surface area (Å²) < 4.78 is 5.57. The molecule has 1 atom stereocenters. The number of amides is 1. The number of ketones is 2. The fourth-order valence-corrected chi connectivity index (χ4v) is 2.64. The molecular weight excluding hydrogens is 238 g/mol. The summed E-state index contributed by atoms with van der Waals surface area (Å²) in [6.45, 7) is 2.45. The van der Waals surface area contributed by atoms with E-state index in [0.717, 1.165) is 0 Å². The molecule has 0 aromatic heterocycles. The number of Topliss-reactive ketones (excluding diaryl/α,β-unsaturated/α-hetero) is 2. The van der Waals surface area contributed by atoms with Gasteiger partial charge in [-0.2, -0.15) is 0 Å². The highest BCUT2D eigenvalue weighted by molar-refractivity contribution is 6.07. The SMILES string of the molecule is CCC(=O)C1COC2(CCN(C(=O)O)CC2)C1=O. The Kier molecular flexibility index (Phi) is 3.38. The second-order valence-electron chi connectivity index (χ2n) is 4.81. The lowest BCUT2D eigenvalue weighted by Gasteiger charge is -2.36. The van der Waals surface area contributed by atoms with Gasteiger partial charge < -0.3 is 14.7 Å². The fourth-order valence-electron chi connectivity index (χ4n) is 2.64. The molecule has 0 aromatic rings. The highest BCUT2D eigenvalue weighted by atomic mass is 16.5. The number of likely N-dealkylation sites (tertiary alicyclic amines) is 1. The number of rotatable bonds is 2. The van der Waals surface area contributed by atoms with Crippen LogP contribution in [0.4, 0.5) is 4.79 Å². The topological polar surface area (TPSA) is 83.9 Å². The van der Waals surface area contributed by atoms with Crippen molar-refractivity contribution < 1.29 is 24.2 Å². The predicted octanol–water partition coefficient (Wildman–Crippen LogP) is 0.694. The van der Waals surface area contributed by atoms with Crippen LogP contribution in [0, 0.1) is 5.92 Å². The molecule has 0 radical (unpaired) electrons. The molecule has 1 N–H and O–H groups in total. The molecule has 2 fully saturated rings. The lowest BCUT2D eigenvalue weighted by Crippen LogP contribution is -2.50. The molecule has 0 aromatic carbocycles. The summed E-state index contributed by atoms with van der Waals surface area (Å²) in [6.07, 6.45) is 0.0606. The van der Waals surface area contributed by atoms with Crippen molar-refractivity contribution in [3.8, 4) is 0 Å². The molecule has 2 heterocycles.